The van der Waals surface area contributed by atoms with Crippen molar-refractivity contribution in [2.24, 2.45) is 0 Å². The van der Waals surface area contributed by atoms with Crippen LogP contribution in [-0.4, -0.2) is 58.0 Å². The summed E-state index contributed by atoms with van der Waals surface area (Å²) in [7, 11) is -1.20. The normalized spacial score (nSPS) is 12.6. The molecule has 0 aliphatic heterocycles. The van der Waals surface area contributed by atoms with Crippen LogP contribution in [0.2, 0.25) is 0 Å². The zero-order chi connectivity index (χ0) is 30.0. The Morgan fingerprint density at radius 1 is 0.878 bits per heavy atom. The molecule has 0 aliphatic rings. The fourth-order valence-electron chi connectivity index (χ4n) is 4.40. The Balaban J connectivity index is 2.09. The summed E-state index contributed by atoms with van der Waals surface area (Å²) in [4.78, 5) is 29.1. The van der Waals surface area contributed by atoms with E-state index in [2.05, 4.69) is 5.32 Å². The zero-order valence-electron chi connectivity index (χ0n) is 24.2. The molecule has 0 saturated heterocycles. The molecule has 10 heteroatoms. The molecule has 220 valence electrons. The molecule has 0 bridgehead atoms. The maximum atomic E-state index is 14.2. The van der Waals surface area contributed by atoms with Gasteiger partial charge in [-0.15, -0.1) is 0 Å². The third kappa shape index (κ3) is 7.79. The van der Waals surface area contributed by atoms with Gasteiger partial charge in [0.2, 0.25) is 11.8 Å². The van der Waals surface area contributed by atoms with Gasteiger partial charge in [-0.25, -0.2) is 8.42 Å². The summed E-state index contributed by atoms with van der Waals surface area (Å²) >= 11 is 0. The Labute approximate surface area is 243 Å². The van der Waals surface area contributed by atoms with E-state index in [9.17, 15) is 18.0 Å². The van der Waals surface area contributed by atoms with Gasteiger partial charge in [-0.1, -0.05) is 56.3 Å². The van der Waals surface area contributed by atoms with E-state index in [0.717, 1.165) is 16.3 Å². The number of carbonyl (C=O) groups excluding carboxylic acids is 2. The first-order valence-electron chi connectivity index (χ1n) is 13.6. The second-order valence-electron chi connectivity index (χ2n) is 9.61. The molecule has 0 unspecified atom stereocenters. The van der Waals surface area contributed by atoms with Gasteiger partial charge in [0, 0.05) is 12.6 Å². The topological polar surface area (TPSA) is 105 Å². The van der Waals surface area contributed by atoms with Crippen LogP contribution in [0.5, 0.6) is 11.5 Å². The number of amides is 2. The Hall–Kier alpha value is -4.05. The summed E-state index contributed by atoms with van der Waals surface area (Å²) < 4.78 is 39.8. The number of nitrogens with one attached hydrogen (secondary N) is 1. The van der Waals surface area contributed by atoms with Crippen LogP contribution >= 0.6 is 0 Å². The highest BCUT2D eigenvalue weighted by atomic mass is 32.2. The maximum absolute atomic E-state index is 14.2. The quantitative estimate of drug-likeness (QED) is 0.298. The van der Waals surface area contributed by atoms with Crippen molar-refractivity contribution in [1.29, 1.82) is 0 Å². The lowest BCUT2D eigenvalue weighted by Crippen LogP contribution is -2.53. The number of hydrogen-bond acceptors (Lipinski definition) is 6. The molecule has 41 heavy (non-hydrogen) atoms. The van der Waals surface area contributed by atoms with Gasteiger partial charge in [0.05, 0.1) is 24.8 Å². The van der Waals surface area contributed by atoms with E-state index < -0.39 is 28.5 Å². The summed E-state index contributed by atoms with van der Waals surface area (Å²) in [5.41, 5.74) is 0.952. The van der Waals surface area contributed by atoms with Crippen LogP contribution < -0.4 is 19.1 Å². The second-order valence-corrected chi connectivity index (χ2v) is 11.5. The predicted molar refractivity (Wildman–Crippen MR) is 159 cm³/mol. The monoisotopic (exact) mass is 581 g/mol. The molecule has 0 spiro atoms. The van der Waals surface area contributed by atoms with Crippen LogP contribution in [-0.2, 0) is 26.2 Å². The van der Waals surface area contributed by atoms with Crippen LogP contribution in [0.3, 0.4) is 0 Å². The number of rotatable bonds is 14. The third-order valence-corrected chi connectivity index (χ3v) is 8.61. The van der Waals surface area contributed by atoms with Gasteiger partial charge in [-0.3, -0.25) is 13.9 Å². The molecule has 9 nitrogen and oxygen atoms in total. The molecule has 0 aromatic heterocycles. The molecule has 0 radical (unpaired) electrons. The van der Waals surface area contributed by atoms with E-state index in [0.29, 0.717) is 17.9 Å². The summed E-state index contributed by atoms with van der Waals surface area (Å²) in [6.07, 6.45) is 1.06. The van der Waals surface area contributed by atoms with Crippen molar-refractivity contribution in [3.63, 3.8) is 0 Å². The highest BCUT2D eigenvalue weighted by Crippen LogP contribution is 2.32. The first-order valence-corrected chi connectivity index (χ1v) is 15.0. The average Bonchev–Trinajstić information content (AvgIpc) is 2.99. The molecule has 2 atom stereocenters. The van der Waals surface area contributed by atoms with Gasteiger partial charge in [-0.2, -0.15) is 0 Å². The summed E-state index contributed by atoms with van der Waals surface area (Å²) in [6.45, 7) is 5.22. The van der Waals surface area contributed by atoms with E-state index in [4.69, 9.17) is 9.47 Å². The van der Waals surface area contributed by atoms with Crippen LogP contribution in [0.25, 0.3) is 0 Å². The fraction of sp³-hybridized carbons (Fsp3) is 0.355. The van der Waals surface area contributed by atoms with Crippen molar-refractivity contribution in [2.75, 3.05) is 25.1 Å². The van der Waals surface area contributed by atoms with Gasteiger partial charge >= 0.3 is 0 Å². The number of methoxy groups -OCH3 is 2. The molecule has 0 aliphatic carbocycles. The van der Waals surface area contributed by atoms with Gasteiger partial charge in [0.15, 0.2) is 0 Å². The summed E-state index contributed by atoms with van der Waals surface area (Å²) in [5.74, 6) is 0.0623. The average molecular weight is 582 g/mol. The molecule has 2 amide bonds. The lowest BCUT2D eigenvalue weighted by Gasteiger charge is -2.34. The molecular formula is C31H39N3O6S. The largest absolute Gasteiger partial charge is 0.497 e. The molecular weight excluding hydrogens is 542 g/mol. The van der Waals surface area contributed by atoms with Crippen molar-refractivity contribution in [3.05, 3.63) is 84.4 Å². The Bertz CT molecular complexity index is 1410. The number of anilines is 1. The standard InChI is InChI=1S/C31H39N3O6S/c1-6-23(3)32-31(36)27(7-2)33(21-24-14-13-15-25(20-24)39-4)30(35)22-34(28-18-11-12-19-29(28)40-5)41(37,38)26-16-9-8-10-17-26/h8-20,23,27H,6-7,21-22H2,1-5H3,(H,32,36)/t23-,27-/m1/s1. The molecule has 3 rings (SSSR count). The lowest BCUT2D eigenvalue weighted by molar-refractivity contribution is -0.140. The number of ether oxygens (including phenoxy) is 2. The maximum Gasteiger partial charge on any atom is 0.264 e. The first kappa shape index (κ1) is 31.5. The number of benzene rings is 3. The Morgan fingerprint density at radius 3 is 2.20 bits per heavy atom. The number of carbonyl (C=O) groups is 2. The van der Waals surface area contributed by atoms with Crippen LogP contribution in [0.15, 0.2) is 83.8 Å². The molecule has 3 aromatic rings. The predicted octanol–water partition coefficient (Wildman–Crippen LogP) is 4.62. The number of para-hydroxylation sites is 2. The van der Waals surface area contributed by atoms with Crippen molar-refractivity contribution in [2.45, 2.75) is 57.1 Å². The highest BCUT2D eigenvalue weighted by molar-refractivity contribution is 7.92. The van der Waals surface area contributed by atoms with E-state index >= 15 is 0 Å². The minimum atomic E-state index is -4.19. The molecule has 0 saturated carbocycles. The highest BCUT2D eigenvalue weighted by Gasteiger charge is 2.34. The molecule has 1 N–H and O–H groups in total. The van der Waals surface area contributed by atoms with Crippen molar-refractivity contribution >= 4 is 27.5 Å². The van der Waals surface area contributed by atoms with Crippen LogP contribution in [0.4, 0.5) is 5.69 Å². The number of sulfonamides is 1. The lowest BCUT2D eigenvalue weighted by atomic mass is 10.1. The van der Waals surface area contributed by atoms with Gasteiger partial charge < -0.3 is 19.7 Å². The Morgan fingerprint density at radius 2 is 1.56 bits per heavy atom. The van der Waals surface area contributed by atoms with Crippen molar-refractivity contribution < 1.29 is 27.5 Å². The molecule has 0 fully saturated rings. The van der Waals surface area contributed by atoms with Gasteiger partial charge in [0.1, 0.15) is 24.1 Å². The van der Waals surface area contributed by atoms with Gasteiger partial charge in [0.25, 0.3) is 10.0 Å². The van der Waals surface area contributed by atoms with E-state index in [1.807, 2.05) is 26.8 Å². The SMILES string of the molecule is CC[C@@H](C)NC(=O)[C@@H](CC)N(Cc1cccc(OC)c1)C(=O)CN(c1ccccc1OC)S(=O)(=O)c1ccccc1. The molecule has 3 aromatic carbocycles. The molecule has 0 heterocycles. The van der Waals surface area contributed by atoms with E-state index in [1.54, 1.807) is 67.8 Å². The first-order chi connectivity index (χ1) is 19.7. The summed E-state index contributed by atoms with van der Waals surface area (Å²) in [6, 6.07) is 20.8. The van der Waals surface area contributed by atoms with E-state index in [-0.39, 0.29) is 29.1 Å². The second kappa shape index (κ2) is 14.5. The van der Waals surface area contributed by atoms with E-state index in [1.165, 1.54) is 24.1 Å². The minimum Gasteiger partial charge on any atom is -0.497 e. The third-order valence-electron chi connectivity index (χ3n) is 6.84. The summed E-state index contributed by atoms with van der Waals surface area (Å²) in [5, 5.41) is 2.97. The zero-order valence-corrected chi connectivity index (χ0v) is 25.1. The smallest absolute Gasteiger partial charge is 0.264 e. The van der Waals surface area contributed by atoms with Crippen molar-refractivity contribution in [1.82, 2.24) is 10.2 Å². The minimum absolute atomic E-state index is 0.0274. The Kier molecular flexibility index (Phi) is 11.2. The van der Waals surface area contributed by atoms with Crippen molar-refractivity contribution in [3.8, 4) is 11.5 Å². The van der Waals surface area contributed by atoms with Crippen LogP contribution in [0, 0.1) is 0 Å². The fourth-order valence-corrected chi connectivity index (χ4v) is 5.84. The van der Waals surface area contributed by atoms with Crippen LogP contribution in [0.1, 0.15) is 39.2 Å². The number of nitrogens with zero attached hydrogens (tertiary/aromatic N) is 2. The number of hydrogen-bond donors (Lipinski definition) is 1. The van der Waals surface area contributed by atoms with Gasteiger partial charge in [-0.05, 0) is 61.7 Å².